The van der Waals surface area contributed by atoms with Crippen LogP contribution < -0.4 is 10.1 Å². The molecule has 0 aliphatic heterocycles. The Bertz CT molecular complexity index is 1280. The Balaban J connectivity index is 1.42. The van der Waals surface area contributed by atoms with Crippen LogP contribution in [0.25, 0.3) is 0 Å². The molecule has 1 atom stereocenters. The molecule has 4 aromatic rings. The summed E-state index contributed by atoms with van der Waals surface area (Å²) in [7, 11) is 0. The molecule has 196 valence electrons. The van der Waals surface area contributed by atoms with Crippen molar-refractivity contribution in [2.45, 2.75) is 45.1 Å². The highest BCUT2D eigenvalue weighted by atomic mass is 79.9. The van der Waals surface area contributed by atoms with Gasteiger partial charge in [0.1, 0.15) is 18.2 Å². The van der Waals surface area contributed by atoms with E-state index in [9.17, 15) is 9.18 Å². The van der Waals surface area contributed by atoms with E-state index in [2.05, 4.69) is 39.4 Å². The van der Waals surface area contributed by atoms with Crippen molar-refractivity contribution in [3.63, 3.8) is 0 Å². The molecule has 4 rings (SSSR count). The quantitative estimate of drug-likeness (QED) is 0.162. The van der Waals surface area contributed by atoms with Crippen LogP contribution in [0.2, 0.25) is 0 Å². The van der Waals surface area contributed by atoms with Crippen LogP contribution in [0, 0.1) is 11.7 Å². The van der Waals surface area contributed by atoms with E-state index in [0.29, 0.717) is 13.0 Å². The highest BCUT2D eigenvalue weighted by Crippen LogP contribution is 2.30. The van der Waals surface area contributed by atoms with Crippen molar-refractivity contribution < 1.29 is 13.9 Å². The molecule has 0 aromatic heterocycles. The van der Waals surface area contributed by atoms with E-state index in [0.717, 1.165) is 64.7 Å². The molecule has 0 aliphatic rings. The van der Waals surface area contributed by atoms with Gasteiger partial charge in [-0.3, -0.25) is 4.79 Å². The molecule has 0 saturated heterocycles. The number of carbonyl (C=O) groups excluding carboxylic acids is 1. The highest BCUT2D eigenvalue weighted by molar-refractivity contribution is 9.10. The maximum Gasteiger partial charge on any atom is 0.224 e. The minimum atomic E-state index is -0.210. The maximum atomic E-state index is 13.2. The van der Waals surface area contributed by atoms with Gasteiger partial charge in [0.15, 0.2) is 0 Å². The summed E-state index contributed by atoms with van der Waals surface area (Å²) in [5.41, 5.74) is 4.15. The molecular formula is C33H33BrFNO2. The number of hydrogen-bond donors (Lipinski definition) is 1. The lowest BCUT2D eigenvalue weighted by Gasteiger charge is -2.19. The summed E-state index contributed by atoms with van der Waals surface area (Å²) in [5.74, 6) is 0.803. The molecule has 1 N–H and O–H groups in total. The summed E-state index contributed by atoms with van der Waals surface area (Å²) in [6, 6.07) is 32.5. The fourth-order valence-electron chi connectivity index (χ4n) is 4.56. The Morgan fingerprint density at radius 3 is 2.29 bits per heavy atom. The normalized spacial score (nSPS) is 11.6. The first-order chi connectivity index (χ1) is 18.5. The molecule has 0 heterocycles. The van der Waals surface area contributed by atoms with Gasteiger partial charge in [-0.05, 0) is 84.7 Å². The number of unbranched alkanes of at least 4 members (excludes halogenated alkanes) is 1. The van der Waals surface area contributed by atoms with E-state index in [1.54, 1.807) is 0 Å². The smallest absolute Gasteiger partial charge is 0.224 e. The molecule has 4 aromatic carbocycles. The molecule has 0 fully saturated rings. The van der Waals surface area contributed by atoms with Gasteiger partial charge in [0.25, 0.3) is 0 Å². The third kappa shape index (κ3) is 9.14. The lowest BCUT2D eigenvalue weighted by molar-refractivity contribution is -0.117. The number of para-hydroxylation sites is 1. The van der Waals surface area contributed by atoms with Crippen LogP contribution in [0.1, 0.15) is 42.4 Å². The van der Waals surface area contributed by atoms with Crippen LogP contribution >= 0.6 is 15.9 Å². The van der Waals surface area contributed by atoms with E-state index < -0.39 is 0 Å². The number of nitrogens with one attached hydrogen (secondary N) is 1. The number of rotatable bonds is 13. The van der Waals surface area contributed by atoms with Gasteiger partial charge in [0.2, 0.25) is 5.91 Å². The Kier molecular flexibility index (Phi) is 10.5. The van der Waals surface area contributed by atoms with Crippen molar-refractivity contribution in [2.24, 2.45) is 5.92 Å². The van der Waals surface area contributed by atoms with Crippen LogP contribution in [-0.2, 0) is 24.2 Å². The number of amides is 1. The maximum absolute atomic E-state index is 13.2. The predicted molar refractivity (Wildman–Crippen MR) is 156 cm³/mol. The molecule has 0 saturated carbocycles. The van der Waals surface area contributed by atoms with Gasteiger partial charge < -0.3 is 10.1 Å². The summed E-state index contributed by atoms with van der Waals surface area (Å²) in [5, 5.41) is 3.04. The number of anilines is 1. The SMILES string of the molecule is O=C(CC(CCCCc1ccc(F)cc1)Cc1ccc(Br)cc1OCc1ccccc1)Nc1ccccc1. The standard InChI is InChI=1S/C33H33BrFNO2/c34-29-18-17-28(32(23-29)38-24-26-10-3-1-4-11-26)21-27(22-33(37)36-31-13-5-2-6-14-31)12-8-7-9-25-15-19-30(35)20-16-25/h1-6,10-11,13-20,23,27H,7-9,12,21-22,24H2,(H,36,37). The Morgan fingerprint density at radius 2 is 1.55 bits per heavy atom. The Labute approximate surface area is 233 Å². The fraction of sp³-hybridized carbons (Fsp3) is 0.242. The highest BCUT2D eigenvalue weighted by Gasteiger charge is 2.18. The third-order valence-electron chi connectivity index (χ3n) is 6.55. The molecular weight excluding hydrogens is 541 g/mol. The Hall–Kier alpha value is -3.44. The second kappa shape index (κ2) is 14.5. The van der Waals surface area contributed by atoms with Crippen LogP contribution in [0.15, 0.2) is 108 Å². The minimum absolute atomic E-state index is 0.0172. The molecule has 1 amide bonds. The first kappa shape index (κ1) is 27.6. The molecule has 5 heteroatoms. The number of hydrogen-bond acceptors (Lipinski definition) is 2. The second-order valence-electron chi connectivity index (χ2n) is 9.59. The zero-order chi connectivity index (χ0) is 26.6. The zero-order valence-electron chi connectivity index (χ0n) is 21.4. The summed E-state index contributed by atoms with van der Waals surface area (Å²) in [6.07, 6.45) is 4.96. The summed E-state index contributed by atoms with van der Waals surface area (Å²) >= 11 is 3.58. The number of benzene rings is 4. The lowest BCUT2D eigenvalue weighted by Crippen LogP contribution is -2.18. The summed E-state index contributed by atoms with van der Waals surface area (Å²) in [6.45, 7) is 0.487. The van der Waals surface area contributed by atoms with Gasteiger partial charge in [0, 0.05) is 16.6 Å². The number of ether oxygens (including phenoxy) is 1. The number of halogens is 2. The van der Waals surface area contributed by atoms with Gasteiger partial charge in [0.05, 0.1) is 0 Å². The number of carbonyl (C=O) groups is 1. The first-order valence-corrected chi connectivity index (χ1v) is 13.9. The van der Waals surface area contributed by atoms with E-state index >= 15 is 0 Å². The average Bonchev–Trinajstić information content (AvgIpc) is 2.93. The topological polar surface area (TPSA) is 38.3 Å². The van der Waals surface area contributed by atoms with Gasteiger partial charge in [-0.2, -0.15) is 0 Å². The van der Waals surface area contributed by atoms with Gasteiger partial charge in [-0.25, -0.2) is 4.39 Å². The van der Waals surface area contributed by atoms with Crippen molar-refractivity contribution in [1.82, 2.24) is 0 Å². The van der Waals surface area contributed by atoms with Crippen molar-refractivity contribution >= 4 is 27.5 Å². The van der Waals surface area contributed by atoms with Crippen LogP contribution in [0.4, 0.5) is 10.1 Å². The molecule has 3 nitrogen and oxygen atoms in total. The minimum Gasteiger partial charge on any atom is -0.489 e. The van der Waals surface area contributed by atoms with Gasteiger partial charge >= 0.3 is 0 Å². The van der Waals surface area contributed by atoms with Crippen LogP contribution in [0.3, 0.4) is 0 Å². The Morgan fingerprint density at radius 1 is 0.842 bits per heavy atom. The van der Waals surface area contributed by atoms with E-state index in [4.69, 9.17) is 4.74 Å². The van der Waals surface area contributed by atoms with E-state index in [1.807, 2.05) is 72.8 Å². The summed E-state index contributed by atoms with van der Waals surface area (Å²) in [4.78, 5) is 13.0. The van der Waals surface area contributed by atoms with E-state index in [-0.39, 0.29) is 17.6 Å². The summed E-state index contributed by atoms with van der Waals surface area (Å²) < 4.78 is 20.4. The average molecular weight is 575 g/mol. The monoisotopic (exact) mass is 573 g/mol. The molecule has 38 heavy (non-hydrogen) atoms. The van der Waals surface area contributed by atoms with Gasteiger partial charge in [-0.1, -0.05) is 89.1 Å². The van der Waals surface area contributed by atoms with E-state index in [1.165, 1.54) is 12.1 Å². The van der Waals surface area contributed by atoms with Crippen LogP contribution in [-0.4, -0.2) is 5.91 Å². The molecule has 0 aliphatic carbocycles. The van der Waals surface area contributed by atoms with Crippen molar-refractivity contribution in [3.8, 4) is 5.75 Å². The lowest BCUT2D eigenvalue weighted by atomic mass is 9.90. The van der Waals surface area contributed by atoms with Gasteiger partial charge in [-0.15, -0.1) is 0 Å². The van der Waals surface area contributed by atoms with Crippen LogP contribution in [0.5, 0.6) is 5.75 Å². The number of aryl methyl sites for hydroxylation is 1. The largest absolute Gasteiger partial charge is 0.489 e. The van der Waals surface area contributed by atoms with Crippen molar-refractivity contribution in [3.05, 3.63) is 130 Å². The molecule has 0 radical (unpaired) electrons. The fourth-order valence-corrected chi connectivity index (χ4v) is 4.90. The van der Waals surface area contributed by atoms with Crippen molar-refractivity contribution in [2.75, 3.05) is 5.32 Å². The third-order valence-corrected chi connectivity index (χ3v) is 7.04. The molecule has 1 unspecified atom stereocenters. The zero-order valence-corrected chi connectivity index (χ0v) is 23.0. The predicted octanol–water partition coefficient (Wildman–Crippen LogP) is 8.77. The van der Waals surface area contributed by atoms with Crippen molar-refractivity contribution in [1.29, 1.82) is 0 Å². The first-order valence-electron chi connectivity index (χ1n) is 13.1. The molecule has 0 spiro atoms. The second-order valence-corrected chi connectivity index (χ2v) is 10.5. The molecule has 0 bridgehead atoms.